The summed E-state index contributed by atoms with van der Waals surface area (Å²) in [4.78, 5) is 25.7. The Morgan fingerprint density at radius 1 is 1.22 bits per heavy atom. The third kappa shape index (κ3) is 4.73. The van der Waals surface area contributed by atoms with Crippen LogP contribution in [0, 0.1) is 6.92 Å². The first-order valence-electron chi connectivity index (χ1n) is 8.73. The van der Waals surface area contributed by atoms with Crippen molar-refractivity contribution in [3.63, 3.8) is 0 Å². The maximum atomic E-state index is 12.6. The lowest BCUT2D eigenvalue weighted by Crippen LogP contribution is -2.46. The van der Waals surface area contributed by atoms with Crippen LogP contribution in [-0.4, -0.2) is 24.4 Å². The Hall–Kier alpha value is -2.25. The summed E-state index contributed by atoms with van der Waals surface area (Å²) in [6, 6.07) is 11.3. The first-order chi connectivity index (χ1) is 13.1. The Morgan fingerprint density at radius 2 is 2.04 bits per heavy atom. The summed E-state index contributed by atoms with van der Waals surface area (Å²) in [7, 11) is 0. The van der Waals surface area contributed by atoms with Gasteiger partial charge in [-0.1, -0.05) is 30.3 Å². The molecule has 0 aliphatic carbocycles. The minimum atomic E-state index is -0.480. The van der Waals surface area contributed by atoms with Crippen molar-refractivity contribution in [3.8, 4) is 0 Å². The first kappa shape index (κ1) is 19.5. The van der Waals surface area contributed by atoms with Gasteiger partial charge in [0.2, 0.25) is 0 Å². The topological polar surface area (TPSA) is 67.4 Å². The van der Waals surface area contributed by atoms with Gasteiger partial charge in [0.05, 0.1) is 18.2 Å². The smallest absolute Gasteiger partial charge is 0.338 e. The predicted molar refractivity (Wildman–Crippen MR) is 110 cm³/mol. The summed E-state index contributed by atoms with van der Waals surface area (Å²) in [6.45, 7) is 4.15. The van der Waals surface area contributed by atoms with E-state index in [0.717, 1.165) is 10.6 Å². The van der Waals surface area contributed by atoms with E-state index >= 15 is 0 Å². The van der Waals surface area contributed by atoms with E-state index in [9.17, 15) is 9.59 Å². The molecule has 1 aliphatic rings. The number of carbonyl (C=O) groups is 2. The molecule has 0 spiro atoms. The van der Waals surface area contributed by atoms with E-state index in [1.54, 1.807) is 18.7 Å². The van der Waals surface area contributed by atoms with Crippen LogP contribution < -0.4 is 10.6 Å². The van der Waals surface area contributed by atoms with Gasteiger partial charge in [-0.2, -0.15) is 11.8 Å². The molecule has 3 rings (SSSR count). The van der Waals surface area contributed by atoms with Gasteiger partial charge in [0.1, 0.15) is 0 Å². The second-order valence-corrected chi connectivity index (χ2v) is 8.04. The van der Waals surface area contributed by atoms with Gasteiger partial charge in [0, 0.05) is 22.1 Å². The van der Waals surface area contributed by atoms with Crippen molar-refractivity contribution in [2.24, 2.45) is 0 Å². The van der Waals surface area contributed by atoms with Crippen LogP contribution in [0.3, 0.4) is 0 Å². The van der Waals surface area contributed by atoms with Crippen molar-refractivity contribution in [2.75, 3.05) is 12.4 Å². The molecule has 2 aromatic rings. The van der Waals surface area contributed by atoms with E-state index in [0.29, 0.717) is 17.0 Å². The fourth-order valence-electron chi connectivity index (χ4n) is 2.89. The number of benzene rings is 1. The normalized spacial score (nSPS) is 16.7. The molecule has 0 unspecified atom stereocenters. The summed E-state index contributed by atoms with van der Waals surface area (Å²) in [6.07, 6.45) is 0. The second-order valence-electron chi connectivity index (χ2n) is 6.08. The van der Waals surface area contributed by atoms with E-state index in [-0.39, 0.29) is 12.6 Å². The number of amides is 2. The Balaban J connectivity index is 1.84. The van der Waals surface area contributed by atoms with Gasteiger partial charge in [-0.15, -0.1) is 11.3 Å². The van der Waals surface area contributed by atoms with Gasteiger partial charge in [-0.25, -0.2) is 9.59 Å². The molecule has 1 aromatic carbocycles. The van der Waals surface area contributed by atoms with Gasteiger partial charge in [-0.3, -0.25) is 0 Å². The number of thioether (sulfide) groups is 1. The molecule has 1 aliphatic heterocycles. The van der Waals surface area contributed by atoms with Crippen molar-refractivity contribution in [1.82, 2.24) is 10.6 Å². The fraction of sp³-hybridized carbons (Fsp3) is 0.300. The molecular formula is C20H22N2O3S2. The second kappa shape index (κ2) is 9.10. The molecule has 7 heteroatoms. The van der Waals surface area contributed by atoms with Crippen LogP contribution in [0.1, 0.15) is 29.0 Å². The zero-order chi connectivity index (χ0) is 19.2. The predicted octanol–water partition coefficient (Wildman–Crippen LogP) is 4.16. The molecule has 2 N–H and O–H groups in total. The summed E-state index contributed by atoms with van der Waals surface area (Å²) >= 11 is 3.17. The Bertz CT molecular complexity index is 847. The Labute approximate surface area is 167 Å². The number of rotatable bonds is 7. The number of esters is 1. The highest BCUT2D eigenvalue weighted by Gasteiger charge is 2.34. The van der Waals surface area contributed by atoms with E-state index in [2.05, 4.69) is 29.7 Å². The van der Waals surface area contributed by atoms with Crippen molar-refractivity contribution < 1.29 is 14.3 Å². The van der Waals surface area contributed by atoms with Crippen LogP contribution >= 0.6 is 23.1 Å². The number of hydrogen-bond donors (Lipinski definition) is 2. The number of nitrogens with one attached hydrogen (secondary N) is 2. The van der Waals surface area contributed by atoms with Crippen LogP contribution in [0.15, 0.2) is 53.0 Å². The molecule has 0 saturated carbocycles. The van der Waals surface area contributed by atoms with Gasteiger partial charge in [-0.05, 0) is 36.4 Å². The lowest BCUT2D eigenvalue weighted by molar-refractivity contribution is -0.139. The summed E-state index contributed by atoms with van der Waals surface area (Å²) in [5, 5.41) is 7.59. The molecule has 0 saturated heterocycles. The zero-order valence-electron chi connectivity index (χ0n) is 15.3. The number of hydrogen-bond acceptors (Lipinski definition) is 5. The molecule has 142 valence electrons. The lowest BCUT2D eigenvalue weighted by atomic mass is 10.0. The molecule has 2 heterocycles. The first-order valence-corrected chi connectivity index (χ1v) is 10.8. The number of ether oxygens (including phenoxy) is 1. The van der Waals surface area contributed by atoms with Gasteiger partial charge in [0.15, 0.2) is 0 Å². The van der Waals surface area contributed by atoms with Crippen molar-refractivity contribution in [2.45, 2.75) is 25.6 Å². The monoisotopic (exact) mass is 402 g/mol. The highest BCUT2D eigenvalue weighted by molar-refractivity contribution is 7.98. The van der Waals surface area contributed by atoms with Gasteiger partial charge in [0.25, 0.3) is 0 Å². The van der Waals surface area contributed by atoms with Crippen molar-refractivity contribution in [3.05, 3.63) is 69.1 Å². The summed E-state index contributed by atoms with van der Waals surface area (Å²) < 4.78 is 5.27. The standard InChI is InChI=1S/C20H22N2O3S2/c1-3-25-19(23)17-15(12-26-11-14-8-5-4-7-13(14)2)21-20(24)22-18(17)16-9-6-10-27-16/h4-10,18H,3,11-12H2,1-2H3,(H2,21,22,24)/t18-/m1/s1. The Morgan fingerprint density at radius 3 is 2.74 bits per heavy atom. The van der Waals surface area contributed by atoms with Crippen molar-refractivity contribution >= 4 is 35.1 Å². The highest BCUT2D eigenvalue weighted by Crippen LogP contribution is 2.32. The number of carbonyl (C=O) groups excluding carboxylic acids is 2. The molecular weight excluding hydrogens is 380 g/mol. The molecule has 1 atom stereocenters. The summed E-state index contributed by atoms with van der Waals surface area (Å²) in [5.41, 5.74) is 3.58. The van der Waals surface area contributed by atoms with Crippen LogP contribution in [0.2, 0.25) is 0 Å². The number of thiophene rings is 1. The molecule has 27 heavy (non-hydrogen) atoms. The summed E-state index contributed by atoms with van der Waals surface area (Å²) in [5.74, 6) is 0.937. The van der Waals surface area contributed by atoms with Crippen LogP contribution in [0.25, 0.3) is 0 Å². The van der Waals surface area contributed by atoms with Crippen LogP contribution in [0.4, 0.5) is 4.79 Å². The highest BCUT2D eigenvalue weighted by atomic mass is 32.2. The third-order valence-electron chi connectivity index (χ3n) is 4.24. The minimum absolute atomic E-state index is 0.289. The average Bonchev–Trinajstić information content (AvgIpc) is 3.17. The van der Waals surface area contributed by atoms with E-state index in [4.69, 9.17) is 4.74 Å². The molecule has 2 amide bonds. The molecule has 0 bridgehead atoms. The maximum Gasteiger partial charge on any atom is 0.338 e. The van der Waals surface area contributed by atoms with Gasteiger partial charge < -0.3 is 15.4 Å². The fourth-order valence-corrected chi connectivity index (χ4v) is 4.75. The largest absolute Gasteiger partial charge is 0.463 e. The van der Waals surface area contributed by atoms with E-state index < -0.39 is 12.0 Å². The average molecular weight is 403 g/mol. The lowest BCUT2D eigenvalue weighted by Gasteiger charge is -2.28. The Kier molecular flexibility index (Phi) is 6.58. The quantitative estimate of drug-likeness (QED) is 0.683. The van der Waals surface area contributed by atoms with Crippen LogP contribution in [0.5, 0.6) is 0 Å². The molecule has 1 aromatic heterocycles. The number of aryl methyl sites for hydroxylation is 1. The molecule has 5 nitrogen and oxygen atoms in total. The molecule has 0 radical (unpaired) electrons. The van der Waals surface area contributed by atoms with Crippen molar-refractivity contribution in [1.29, 1.82) is 0 Å². The third-order valence-corrected chi connectivity index (χ3v) is 6.19. The minimum Gasteiger partial charge on any atom is -0.463 e. The van der Waals surface area contributed by atoms with E-state index in [1.165, 1.54) is 22.5 Å². The SMILES string of the molecule is CCOC(=O)C1=C(CSCc2ccccc2C)NC(=O)N[C@@H]1c1cccs1. The van der Waals surface area contributed by atoms with Crippen LogP contribution in [-0.2, 0) is 15.3 Å². The molecule has 0 fully saturated rings. The van der Waals surface area contributed by atoms with Gasteiger partial charge >= 0.3 is 12.0 Å². The number of urea groups is 1. The van der Waals surface area contributed by atoms with E-state index in [1.807, 2.05) is 29.6 Å². The zero-order valence-corrected chi connectivity index (χ0v) is 16.9. The maximum absolute atomic E-state index is 12.6.